The summed E-state index contributed by atoms with van der Waals surface area (Å²) in [6, 6.07) is 1.25. The third kappa shape index (κ3) is 1.65. The van der Waals surface area contributed by atoms with Crippen LogP contribution in [0.5, 0.6) is 0 Å². The largest absolute Gasteiger partial charge is 0.307 e. The van der Waals surface area contributed by atoms with E-state index >= 15 is 0 Å². The SMILES string of the molecule is CCn1nc(C)c(C(C)NC2C3C4CCC(C4)C23)c1C. The van der Waals surface area contributed by atoms with Crippen molar-refractivity contribution in [2.24, 2.45) is 23.7 Å². The van der Waals surface area contributed by atoms with E-state index in [4.69, 9.17) is 0 Å². The molecule has 3 fully saturated rings. The maximum Gasteiger partial charge on any atom is 0.0644 e. The number of hydrogen-bond donors (Lipinski definition) is 1. The lowest BCUT2D eigenvalue weighted by Crippen LogP contribution is -2.27. The summed E-state index contributed by atoms with van der Waals surface area (Å²) in [5.41, 5.74) is 3.99. The van der Waals surface area contributed by atoms with Gasteiger partial charge in [0.2, 0.25) is 0 Å². The monoisotopic (exact) mass is 273 g/mol. The van der Waals surface area contributed by atoms with Gasteiger partial charge in [0.1, 0.15) is 0 Å². The van der Waals surface area contributed by atoms with Gasteiger partial charge in [-0.2, -0.15) is 5.10 Å². The Morgan fingerprint density at radius 2 is 1.90 bits per heavy atom. The summed E-state index contributed by atoms with van der Waals surface area (Å²) < 4.78 is 2.14. The van der Waals surface area contributed by atoms with Crippen molar-refractivity contribution < 1.29 is 0 Å². The van der Waals surface area contributed by atoms with Crippen LogP contribution in [0.2, 0.25) is 0 Å². The molecule has 4 rings (SSSR count). The Bertz CT molecular complexity index is 517. The molecule has 0 spiro atoms. The fraction of sp³-hybridized carbons (Fsp3) is 0.824. The fourth-order valence-electron chi connectivity index (χ4n) is 5.57. The van der Waals surface area contributed by atoms with Crippen LogP contribution in [0.25, 0.3) is 0 Å². The summed E-state index contributed by atoms with van der Waals surface area (Å²) in [5, 5.41) is 8.61. The molecule has 3 aliphatic rings. The van der Waals surface area contributed by atoms with Crippen molar-refractivity contribution in [2.45, 2.75) is 65.6 Å². The van der Waals surface area contributed by atoms with Gasteiger partial charge in [-0.1, -0.05) is 0 Å². The second-order valence-corrected chi connectivity index (χ2v) is 7.30. The van der Waals surface area contributed by atoms with Crippen LogP contribution in [0.3, 0.4) is 0 Å². The smallest absolute Gasteiger partial charge is 0.0644 e. The van der Waals surface area contributed by atoms with Crippen LogP contribution >= 0.6 is 0 Å². The van der Waals surface area contributed by atoms with Crippen molar-refractivity contribution in [2.75, 3.05) is 0 Å². The van der Waals surface area contributed by atoms with Crippen LogP contribution in [0.4, 0.5) is 0 Å². The molecule has 3 aliphatic carbocycles. The molecule has 0 saturated heterocycles. The topological polar surface area (TPSA) is 29.9 Å². The van der Waals surface area contributed by atoms with E-state index < -0.39 is 0 Å². The van der Waals surface area contributed by atoms with Gasteiger partial charge >= 0.3 is 0 Å². The third-order valence-electron chi connectivity index (χ3n) is 6.35. The van der Waals surface area contributed by atoms with Crippen molar-refractivity contribution in [3.8, 4) is 0 Å². The van der Waals surface area contributed by atoms with Gasteiger partial charge in [-0.25, -0.2) is 0 Å². The highest BCUT2D eigenvalue weighted by molar-refractivity contribution is 5.29. The number of aryl methyl sites for hydroxylation is 2. The molecule has 20 heavy (non-hydrogen) atoms. The second kappa shape index (κ2) is 4.33. The normalized spacial score (nSPS) is 39.1. The van der Waals surface area contributed by atoms with Gasteiger partial charge in [0.25, 0.3) is 0 Å². The Balaban J connectivity index is 1.49. The zero-order valence-corrected chi connectivity index (χ0v) is 13.2. The predicted octanol–water partition coefficient (Wildman–Crippen LogP) is 3.21. The van der Waals surface area contributed by atoms with E-state index in [1.54, 1.807) is 0 Å². The lowest BCUT2D eigenvalue weighted by Gasteiger charge is -2.18. The Morgan fingerprint density at radius 1 is 1.25 bits per heavy atom. The van der Waals surface area contributed by atoms with Crippen molar-refractivity contribution in [3.63, 3.8) is 0 Å². The summed E-state index contributed by atoms with van der Waals surface area (Å²) in [6.45, 7) is 9.84. The van der Waals surface area contributed by atoms with Gasteiger partial charge in [0.15, 0.2) is 0 Å². The molecule has 3 heteroatoms. The average molecular weight is 273 g/mol. The molecule has 3 saturated carbocycles. The Morgan fingerprint density at radius 3 is 2.45 bits per heavy atom. The van der Waals surface area contributed by atoms with Crippen molar-refractivity contribution in [1.29, 1.82) is 0 Å². The molecule has 1 aromatic heterocycles. The molecule has 5 atom stereocenters. The molecule has 2 bridgehead atoms. The first-order chi connectivity index (χ1) is 9.61. The number of rotatable bonds is 4. The highest BCUT2D eigenvalue weighted by atomic mass is 15.3. The van der Waals surface area contributed by atoms with E-state index in [-0.39, 0.29) is 0 Å². The number of aromatic nitrogens is 2. The summed E-state index contributed by atoms with van der Waals surface area (Å²) in [5.74, 6) is 4.13. The van der Waals surface area contributed by atoms with E-state index in [0.29, 0.717) is 6.04 Å². The molecule has 110 valence electrons. The van der Waals surface area contributed by atoms with Crippen molar-refractivity contribution in [3.05, 3.63) is 17.0 Å². The van der Waals surface area contributed by atoms with Gasteiger partial charge in [0.05, 0.1) is 5.69 Å². The molecule has 0 amide bonds. The van der Waals surface area contributed by atoms with E-state index in [1.807, 2.05) is 0 Å². The van der Waals surface area contributed by atoms with Crippen LogP contribution in [-0.4, -0.2) is 15.8 Å². The van der Waals surface area contributed by atoms with E-state index in [0.717, 1.165) is 36.3 Å². The summed E-state index contributed by atoms with van der Waals surface area (Å²) in [6.07, 6.45) is 4.54. The van der Waals surface area contributed by atoms with Gasteiger partial charge < -0.3 is 5.32 Å². The number of fused-ring (bicyclic) bond motifs is 5. The van der Waals surface area contributed by atoms with E-state index in [2.05, 4.69) is 42.8 Å². The van der Waals surface area contributed by atoms with Crippen molar-refractivity contribution in [1.82, 2.24) is 15.1 Å². The van der Waals surface area contributed by atoms with Crippen LogP contribution in [0.1, 0.15) is 56.1 Å². The molecule has 1 heterocycles. The standard InChI is InChI=1S/C17H27N3/c1-5-20-11(4)14(10(3)19-20)9(2)18-17-15-12-6-7-13(8-12)16(15)17/h9,12-13,15-18H,5-8H2,1-4H3. The molecule has 1 aromatic rings. The Kier molecular flexibility index (Phi) is 2.79. The van der Waals surface area contributed by atoms with Gasteiger partial charge in [-0.3, -0.25) is 4.68 Å². The summed E-state index contributed by atoms with van der Waals surface area (Å²) in [7, 11) is 0. The first-order valence-electron chi connectivity index (χ1n) is 8.41. The summed E-state index contributed by atoms with van der Waals surface area (Å²) >= 11 is 0. The third-order valence-corrected chi connectivity index (χ3v) is 6.35. The molecule has 0 aromatic carbocycles. The molecule has 0 radical (unpaired) electrons. The van der Waals surface area contributed by atoms with Gasteiger partial charge in [-0.15, -0.1) is 0 Å². The summed E-state index contributed by atoms with van der Waals surface area (Å²) in [4.78, 5) is 0. The second-order valence-electron chi connectivity index (χ2n) is 7.30. The van der Waals surface area contributed by atoms with Crippen LogP contribution in [0.15, 0.2) is 0 Å². The zero-order chi connectivity index (χ0) is 14.0. The number of nitrogens with zero attached hydrogens (tertiary/aromatic N) is 2. The first kappa shape index (κ1) is 12.9. The first-order valence-corrected chi connectivity index (χ1v) is 8.41. The maximum absolute atomic E-state index is 4.67. The molecule has 3 nitrogen and oxygen atoms in total. The minimum atomic E-state index is 0.449. The minimum absolute atomic E-state index is 0.449. The van der Waals surface area contributed by atoms with Crippen LogP contribution in [-0.2, 0) is 6.54 Å². The maximum atomic E-state index is 4.67. The van der Waals surface area contributed by atoms with Crippen molar-refractivity contribution >= 4 is 0 Å². The highest BCUT2D eigenvalue weighted by Crippen LogP contribution is 2.65. The van der Waals surface area contributed by atoms with E-state index in [9.17, 15) is 0 Å². The quantitative estimate of drug-likeness (QED) is 0.913. The van der Waals surface area contributed by atoms with E-state index in [1.165, 1.54) is 36.2 Å². The van der Waals surface area contributed by atoms with Gasteiger partial charge in [-0.05, 0) is 70.6 Å². The molecular formula is C17H27N3. The Hall–Kier alpha value is -0.830. The fourth-order valence-corrected chi connectivity index (χ4v) is 5.57. The Labute approximate surface area is 122 Å². The zero-order valence-electron chi connectivity index (χ0n) is 13.2. The van der Waals surface area contributed by atoms with Crippen LogP contribution < -0.4 is 5.32 Å². The minimum Gasteiger partial charge on any atom is -0.307 e. The lowest BCUT2D eigenvalue weighted by molar-refractivity contribution is 0.432. The van der Waals surface area contributed by atoms with Crippen LogP contribution in [0, 0.1) is 37.5 Å². The molecule has 1 N–H and O–H groups in total. The number of hydrogen-bond acceptors (Lipinski definition) is 2. The molecular weight excluding hydrogens is 246 g/mol. The average Bonchev–Trinajstić information content (AvgIpc) is 2.78. The number of nitrogens with one attached hydrogen (secondary N) is 1. The lowest BCUT2D eigenvalue weighted by atomic mass is 10.0. The van der Waals surface area contributed by atoms with Gasteiger partial charge in [0, 0.05) is 29.9 Å². The highest BCUT2D eigenvalue weighted by Gasteiger charge is 2.64. The molecule has 0 aliphatic heterocycles. The molecule has 5 unspecified atom stereocenters. The predicted molar refractivity (Wildman–Crippen MR) is 80.5 cm³/mol.